The predicted molar refractivity (Wildman–Crippen MR) is 71.3 cm³/mol. The highest BCUT2D eigenvalue weighted by Gasteiger charge is 2.06. The van der Waals surface area contributed by atoms with Crippen molar-refractivity contribution in [1.82, 2.24) is 10.2 Å². The molecule has 0 saturated heterocycles. The molecule has 1 rings (SSSR count). The molecule has 1 amide bonds. The van der Waals surface area contributed by atoms with Crippen LogP contribution >= 0.6 is 0 Å². The number of benzene rings is 1. The lowest BCUT2D eigenvalue weighted by atomic mass is 10.1. The maximum Gasteiger partial charge on any atom is 0.251 e. The maximum atomic E-state index is 11.8. The average Bonchev–Trinajstić information content (AvgIpc) is 2.28. The molecule has 0 atom stereocenters. The van der Waals surface area contributed by atoms with Crippen LogP contribution in [0.3, 0.4) is 0 Å². The Bertz CT molecular complexity index is 374. The second-order valence-corrected chi connectivity index (χ2v) is 4.70. The molecule has 1 aromatic rings. The number of carbonyl (C=O) groups is 1. The molecule has 3 heteroatoms. The van der Waals surface area contributed by atoms with Gasteiger partial charge in [-0.25, -0.2) is 0 Å². The van der Waals surface area contributed by atoms with E-state index >= 15 is 0 Å². The Morgan fingerprint density at radius 1 is 1.41 bits per heavy atom. The Kier molecular flexibility index (Phi) is 5.16. The summed E-state index contributed by atoms with van der Waals surface area (Å²) in [4.78, 5) is 14.0. The van der Waals surface area contributed by atoms with Gasteiger partial charge in [0.05, 0.1) is 0 Å². The van der Waals surface area contributed by atoms with Crippen molar-refractivity contribution in [3.8, 4) is 0 Å². The number of aryl methyl sites for hydroxylation is 1. The van der Waals surface area contributed by atoms with Crippen LogP contribution < -0.4 is 5.32 Å². The maximum absolute atomic E-state index is 11.8. The number of nitrogens with one attached hydrogen (secondary N) is 1. The highest BCUT2D eigenvalue weighted by atomic mass is 16.1. The van der Waals surface area contributed by atoms with E-state index in [9.17, 15) is 4.79 Å². The minimum Gasteiger partial charge on any atom is -0.351 e. The van der Waals surface area contributed by atoms with Crippen molar-refractivity contribution in [3.63, 3.8) is 0 Å². The van der Waals surface area contributed by atoms with Crippen LogP contribution in [0.25, 0.3) is 0 Å². The van der Waals surface area contributed by atoms with Gasteiger partial charge < -0.3 is 10.2 Å². The van der Waals surface area contributed by atoms with Crippen LogP contribution in [0.1, 0.15) is 29.8 Å². The van der Waals surface area contributed by atoms with Crippen molar-refractivity contribution in [3.05, 3.63) is 35.4 Å². The van der Waals surface area contributed by atoms with Crippen LogP contribution in [0.2, 0.25) is 0 Å². The topological polar surface area (TPSA) is 32.3 Å². The van der Waals surface area contributed by atoms with Crippen molar-refractivity contribution < 1.29 is 4.79 Å². The number of likely N-dealkylation sites (N-methyl/N-ethyl adjacent to an activating group) is 1. The SMILES string of the molecule is Cc1cccc(C(=O)NCCN(C)C(C)C)c1. The summed E-state index contributed by atoms with van der Waals surface area (Å²) in [5, 5.41) is 2.93. The minimum atomic E-state index is 0.00542. The summed E-state index contributed by atoms with van der Waals surface area (Å²) in [5.41, 5.74) is 1.84. The minimum absolute atomic E-state index is 0.00542. The number of carbonyl (C=O) groups excluding carboxylic acids is 1. The first-order valence-corrected chi connectivity index (χ1v) is 6.06. The van der Waals surface area contributed by atoms with E-state index < -0.39 is 0 Å². The smallest absolute Gasteiger partial charge is 0.251 e. The van der Waals surface area contributed by atoms with Crippen LogP contribution in [-0.2, 0) is 0 Å². The fraction of sp³-hybridized carbons (Fsp3) is 0.500. The average molecular weight is 234 g/mol. The number of hydrogen-bond acceptors (Lipinski definition) is 2. The molecule has 0 aliphatic rings. The van der Waals surface area contributed by atoms with Gasteiger partial charge in [-0.15, -0.1) is 0 Å². The number of nitrogens with zero attached hydrogens (tertiary/aromatic N) is 1. The van der Waals surface area contributed by atoms with Crippen molar-refractivity contribution in [2.75, 3.05) is 20.1 Å². The van der Waals surface area contributed by atoms with Crippen LogP contribution in [0.4, 0.5) is 0 Å². The first kappa shape index (κ1) is 13.7. The van der Waals surface area contributed by atoms with Crippen LogP contribution in [0.5, 0.6) is 0 Å². The van der Waals surface area contributed by atoms with Crippen LogP contribution in [-0.4, -0.2) is 37.0 Å². The fourth-order valence-corrected chi connectivity index (χ4v) is 1.49. The summed E-state index contributed by atoms with van der Waals surface area (Å²) in [6.07, 6.45) is 0. The zero-order valence-corrected chi connectivity index (χ0v) is 11.2. The third kappa shape index (κ3) is 4.57. The van der Waals surface area contributed by atoms with E-state index in [2.05, 4.69) is 31.1 Å². The third-order valence-corrected chi connectivity index (χ3v) is 2.91. The largest absolute Gasteiger partial charge is 0.351 e. The Morgan fingerprint density at radius 2 is 2.12 bits per heavy atom. The van der Waals surface area contributed by atoms with Crippen molar-refractivity contribution >= 4 is 5.91 Å². The van der Waals surface area contributed by atoms with Gasteiger partial charge in [0.1, 0.15) is 0 Å². The third-order valence-electron chi connectivity index (χ3n) is 2.91. The summed E-state index contributed by atoms with van der Waals surface area (Å²) < 4.78 is 0. The van der Waals surface area contributed by atoms with Gasteiger partial charge in [-0.3, -0.25) is 4.79 Å². The van der Waals surface area contributed by atoms with Gasteiger partial charge in [0.2, 0.25) is 0 Å². The molecule has 0 aliphatic heterocycles. The lowest BCUT2D eigenvalue weighted by molar-refractivity contribution is 0.0948. The molecular weight excluding hydrogens is 212 g/mol. The molecule has 1 N–H and O–H groups in total. The molecule has 0 aliphatic carbocycles. The first-order valence-electron chi connectivity index (χ1n) is 6.06. The molecule has 17 heavy (non-hydrogen) atoms. The Hall–Kier alpha value is -1.35. The van der Waals surface area contributed by atoms with E-state index in [1.54, 1.807) is 0 Å². The molecule has 0 bridgehead atoms. The standard InChI is InChI=1S/C14H22N2O/c1-11(2)16(4)9-8-15-14(17)13-7-5-6-12(3)10-13/h5-7,10-11H,8-9H2,1-4H3,(H,15,17). The van der Waals surface area contributed by atoms with E-state index in [4.69, 9.17) is 0 Å². The predicted octanol–water partition coefficient (Wildman–Crippen LogP) is 2.07. The lowest BCUT2D eigenvalue weighted by Gasteiger charge is -2.20. The van der Waals surface area contributed by atoms with Gasteiger partial charge in [-0.2, -0.15) is 0 Å². The molecule has 0 aromatic heterocycles. The summed E-state index contributed by atoms with van der Waals surface area (Å²) in [6.45, 7) is 7.82. The molecule has 0 unspecified atom stereocenters. The van der Waals surface area contributed by atoms with E-state index in [1.165, 1.54) is 0 Å². The van der Waals surface area contributed by atoms with Gasteiger partial charge in [0.25, 0.3) is 5.91 Å². The fourth-order valence-electron chi connectivity index (χ4n) is 1.49. The number of amides is 1. The second-order valence-electron chi connectivity index (χ2n) is 4.70. The lowest BCUT2D eigenvalue weighted by Crippen LogP contribution is -2.36. The first-order chi connectivity index (χ1) is 8.00. The molecule has 0 fully saturated rings. The Labute approximate surface area is 104 Å². The van der Waals surface area contributed by atoms with E-state index in [1.807, 2.05) is 31.2 Å². The van der Waals surface area contributed by atoms with E-state index in [-0.39, 0.29) is 5.91 Å². The van der Waals surface area contributed by atoms with Gasteiger partial charge >= 0.3 is 0 Å². The summed E-state index contributed by atoms with van der Waals surface area (Å²) in [7, 11) is 2.06. The molecular formula is C14H22N2O. The van der Waals surface area contributed by atoms with Gasteiger partial charge in [-0.05, 0) is 40.0 Å². The van der Waals surface area contributed by atoms with Gasteiger partial charge in [0, 0.05) is 24.7 Å². The summed E-state index contributed by atoms with van der Waals surface area (Å²) in [5.74, 6) is 0.00542. The molecule has 0 heterocycles. The Morgan fingerprint density at radius 3 is 2.71 bits per heavy atom. The quantitative estimate of drug-likeness (QED) is 0.846. The molecule has 0 saturated carbocycles. The molecule has 94 valence electrons. The van der Waals surface area contributed by atoms with Gasteiger partial charge in [-0.1, -0.05) is 17.7 Å². The van der Waals surface area contributed by atoms with Crippen molar-refractivity contribution in [2.24, 2.45) is 0 Å². The Balaban J connectivity index is 2.40. The number of rotatable bonds is 5. The highest BCUT2D eigenvalue weighted by molar-refractivity contribution is 5.94. The zero-order valence-electron chi connectivity index (χ0n) is 11.2. The molecule has 3 nitrogen and oxygen atoms in total. The van der Waals surface area contributed by atoms with Crippen molar-refractivity contribution in [1.29, 1.82) is 0 Å². The summed E-state index contributed by atoms with van der Waals surface area (Å²) in [6, 6.07) is 8.15. The summed E-state index contributed by atoms with van der Waals surface area (Å²) >= 11 is 0. The zero-order chi connectivity index (χ0) is 12.8. The molecule has 1 aromatic carbocycles. The second kappa shape index (κ2) is 6.40. The number of hydrogen-bond donors (Lipinski definition) is 1. The monoisotopic (exact) mass is 234 g/mol. The highest BCUT2D eigenvalue weighted by Crippen LogP contribution is 2.03. The van der Waals surface area contributed by atoms with Crippen LogP contribution in [0.15, 0.2) is 24.3 Å². The molecule has 0 radical (unpaired) electrons. The van der Waals surface area contributed by atoms with E-state index in [0.717, 1.165) is 17.7 Å². The molecule has 0 spiro atoms. The van der Waals surface area contributed by atoms with Gasteiger partial charge in [0.15, 0.2) is 0 Å². The van der Waals surface area contributed by atoms with E-state index in [0.29, 0.717) is 12.6 Å². The van der Waals surface area contributed by atoms with Crippen LogP contribution in [0, 0.1) is 6.92 Å². The normalized spacial score (nSPS) is 10.9. The van der Waals surface area contributed by atoms with Crippen molar-refractivity contribution in [2.45, 2.75) is 26.8 Å².